The van der Waals surface area contributed by atoms with Crippen LogP contribution in [0, 0.1) is 13.8 Å². The quantitative estimate of drug-likeness (QED) is 0.728. The molecule has 6 heteroatoms. The normalized spacial score (nSPS) is 11.6. The number of amides is 2. The van der Waals surface area contributed by atoms with Crippen molar-refractivity contribution in [2.24, 2.45) is 0 Å². The average molecular weight is 403 g/mol. The van der Waals surface area contributed by atoms with Crippen molar-refractivity contribution in [3.05, 3.63) is 64.2 Å². The molecule has 150 valence electrons. The largest absolute Gasteiger partial charge is 0.484 e. The lowest BCUT2D eigenvalue weighted by Gasteiger charge is -2.30. The SMILES string of the molecule is CC[C@H](C(=O)NC)N(Cc1ccccc1Cl)C(=O)COc1cc(C)cc(C)c1. The second-order valence-corrected chi connectivity index (χ2v) is 7.17. The molecule has 0 saturated heterocycles. The fourth-order valence-electron chi connectivity index (χ4n) is 3.14. The third-order valence-electron chi connectivity index (χ3n) is 4.49. The Kier molecular flexibility index (Phi) is 7.88. The highest BCUT2D eigenvalue weighted by molar-refractivity contribution is 6.31. The van der Waals surface area contributed by atoms with Gasteiger partial charge in [0.15, 0.2) is 6.61 Å². The number of ether oxygens (including phenoxy) is 1. The Morgan fingerprint density at radius 2 is 1.79 bits per heavy atom. The lowest BCUT2D eigenvalue weighted by Crippen LogP contribution is -2.49. The molecule has 1 atom stereocenters. The predicted octanol–water partition coefficient (Wildman–Crippen LogP) is 3.89. The van der Waals surface area contributed by atoms with E-state index < -0.39 is 6.04 Å². The molecule has 0 radical (unpaired) electrons. The van der Waals surface area contributed by atoms with Crippen molar-refractivity contribution < 1.29 is 14.3 Å². The van der Waals surface area contributed by atoms with Gasteiger partial charge in [0.25, 0.3) is 5.91 Å². The van der Waals surface area contributed by atoms with Gasteiger partial charge in [-0.05, 0) is 55.2 Å². The van der Waals surface area contributed by atoms with Crippen molar-refractivity contribution in [2.45, 2.75) is 39.8 Å². The molecular weight excluding hydrogens is 376 g/mol. The van der Waals surface area contributed by atoms with Gasteiger partial charge in [-0.3, -0.25) is 9.59 Å². The van der Waals surface area contributed by atoms with E-state index in [0.717, 1.165) is 16.7 Å². The van der Waals surface area contributed by atoms with Crippen molar-refractivity contribution in [1.29, 1.82) is 0 Å². The average Bonchev–Trinajstić information content (AvgIpc) is 2.66. The molecular formula is C22H27ClN2O3. The Labute approximate surface area is 171 Å². The molecule has 2 amide bonds. The first-order valence-electron chi connectivity index (χ1n) is 9.31. The summed E-state index contributed by atoms with van der Waals surface area (Å²) in [5, 5.41) is 3.19. The maximum atomic E-state index is 13.0. The number of hydrogen-bond acceptors (Lipinski definition) is 3. The smallest absolute Gasteiger partial charge is 0.261 e. The molecule has 1 N–H and O–H groups in total. The van der Waals surface area contributed by atoms with Crippen LogP contribution in [0.3, 0.4) is 0 Å². The van der Waals surface area contributed by atoms with E-state index in [1.54, 1.807) is 13.1 Å². The number of likely N-dealkylation sites (N-methyl/N-ethyl adjacent to an activating group) is 1. The number of aryl methyl sites for hydroxylation is 2. The van der Waals surface area contributed by atoms with Crippen molar-refractivity contribution in [3.63, 3.8) is 0 Å². The number of carbonyl (C=O) groups excluding carboxylic acids is 2. The lowest BCUT2D eigenvalue weighted by atomic mass is 10.1. The molecule has 0 bridgehead atoms. The van der Waals surface area contributed by atoms with Gasteiger partial charge >= 0.3 is 0 Å². The minimum atomic E-state index is -0.600. The van der Waals surface area contributed by atoms with Gasteiger partial charge in [0.05, 0.1) is 0 Å². The maximum Gasteiger partial charge on any atom is 0.261 e. The first-order valence-corrected chi connectivity index (χ1v) is 9.69. The first-order chi connectivity index (χ1) is 13.3. The van der Waals surface area contributed by atoms with E-state index in [-0.39, 0.29) is 25.0 Å². The molecule has 2 aromatic carbocycles. The first kappa shape index (κ1) is 21.8. The number of halogens is 1. The zero-order chi connectivity index (χ0) is 20.7. The molecule has 0 spiro atoms. The number of nitrogens with zero attached hydrogens (tertiary/aromatic N) is 1. The topological polar surface area (TPSA) is 58.6 Å². The summed E-state index contributed by atoms with van der Waals surface area (Å²) in [6.07, 6.45) is 0.486. The Bertz CT molecular complexity index is 818. The number of rotatable bonds is 8. The fourth-order valence-corrected chi connectivity index (χ4v) is 3.34. The van der Waals surface area contributed by atoms with Gasteiger partial charge in [-0.25, -0.2) is 0 Å². The maximum absolute atomic E-state index is 13.0. The van der Waals surface area contributed by atoms with Crippen LogP contribution in [0.5, 0.6) is 5.75 Å². The number of nitrogens with one attached hydrogen (secondary N) is 1. The van der Waals surface area contributed by atoms with Crippen molar-refractivity contribution in [3.8, 4) is 5.75 Å². The summed E-state index contributed by atoms with van der Waals surface area (Å²) in [6, 6.07) is 12.5. The highest BCUT2D eigenvalue weighted by Gasteiger charge is 2.28. The van der Waals surface area contributed by atoms with Crippen LogP contribution in [-0.2, 0) is 16.1 Å². The van der Waals surface area contributed by atoms with E-state index in [2.05, 4.69) is 5.32 Å². The number of carbonyl (C=O) groups is 2. The van der Waals surface area contributed by atoms with Crippen LogP contribution in [-0.4, -0.2) is 36.4 Å². The van der Waals surface area contributed by atoms with Gasteiger partial charge in [-0.2, -0.15) is 0 Å². The molecule has 28 heavy (non-hydrogen) atoms. The van der Waals surface area contributed by atoms with E-state index in [1.807, 2.05) is 57.2 Å². The van der Waals surface area contributed by atoms with Gasteiger partial charge in [0, 0.05) is 18.6 Å². The second-order valence-electron chi connectivity index (χ2n) is 6.76. The monoisotopic (exact) mass is 402 g/mol. The van der Waals surface area contributed by atoms with E-state index in [4.69, 9.17) is 16.3 Å². The molecule has 5 nitrogen and oxygen atoms in total. The van der Waals surface area contributed by atoms with E-state index in [0.29, 0.717) is 17.2 Å². The highest BCUT2D eigenvalue weighted by atomic mass is 35.5. The van der Waals surface area contributed by atoms with Crippen LogP contribution in [0.25, 0.3) is 0 Å². The number of hydrogen-bond donors (Lipinski definition) is 1. The third kappa shape index (κ3) is 5.73. The zero-order valence-corrected chi connectivity index (χ0v) is 17.5. The van der Waals surface area contributed by atoms with Gasteiger partial charge in [-0.1, -0.05) is 42.8 Å². The summed E-state index contributed by atoms with van der Waals surface area (Å²) in [6.45, 7) is 5.91. The van der Waals surface area contributed by atoms with Crippen LogP contribution < -0.4 is 10.1 Å². The molecule has 0 aliphatic rings. The van der Waals surface area contributed by atoms with Crippen LogP contribution >= 0.6 is 11.6 Å². The minimum absolute atomic E-state index is 0.152. The summed E-state index contributed by atoms with van der Waals surface area (Å²) in [5.41, 5.74) is 2.91. The van der Waals surface area contributed by atoms with Crippen molar-refractivity contribution >= 4 is 23.4 Å². The summed E-state index contributed by atoms with van der Waals surface area (Å²) >= 11 is 6.27. The van der Waals surface area contributed by atoms with Gasteiger partial charge in [0.1, 0.15) is 11.8 Å². The van der Waals surface area contributed by atoms with Gasteiger partial charge < -0.3 is 15.0 Å². The molecule has 0 heterocycles. The Morgan fingerprint density at radius 3 is 2.36 bits per heavy atom. The van der Waals surface area contributed by atoms with E-state index in [9.17, 15) is 9.59 Å². The standard InChI is InChI=1S/C22H27ClN2O3/c1-5-20(22(27)24-4)25(13-17-8-6-7-9-19(17)23)21(26)14-28-18-11-15(2)10-16(3)12-18/h6-12,20H,5,13-14H2,1-4H3,(H,24,27)/t20-/m1/s1. The van der Waals surface area contributed by atoms with Crippen molar-refractivity contribution in [1.82, 2.24) is 10.2 Å². The van der Waals surface area contributed by atoms with E-state index >= 15 is 0 Å². The fraction of sp³-hybridized carbons (Fsp3) is 0.364. The highest BCUT2D eigenvalue weighted by Crippen LogP contribution is 2.21. The molecule has 0 aliphatic carbocycles. The molecule has 0 fully saturated rings. The number of benzene rings is 2. The van der Waals surface area contributed by atoms with Crippen molar-refractivity contribution in [2.75, 3.05) is 13.7 Å². The molecule has 2 rings (SSSR count). The summed E-state index contributed by atoms with van der Waals surface area (Å²) < 4.78 is 5.73. The lowest BCUT2D eigenvalue weighted by molar-refractivity contribution is -0.142. The molecule has 0 saturated carbocycles. The van der Waals surface area contributed by atoms with Crippen LogP contribution in [0.15, 0.2) is 42.5 Å². The third-order valence-corrected chi connectivity index (χ3v) is 4.86. The summed E-state index contributed by atoms with van der Waals surface area (Å²) in [4.78, 5) is 26.9. The van der Waals surface area contributed by atoms with Crippen LogP contribution in [0.4, 0.5) is 0 Å². The zero-order valence-electron chi connectivity index (χ0n) is 16.8. The van der Waals surface area contributed by atoms with E-state index in [1.165, 1.54) is 4.90 Å². The Hall–Kier alpha value is -2.53. The predicted molar refractivity (Wildman–Crippen MR) is 112 cm³/mol. The van der Waals surface area contributed by atoms with Crippen LogP contribution in [0.2, 0.25) is 5.02 Å². The molecule has 0 aliphatic heterocycles. The molecule has 0 aromatic heterocycles. The van der Waals surface area contributed by atoms with Crippen LogP contribution in [0.1, 0.15) is 30.0 Å². The Morgan fingerprint density at radius 1 is 1.14 bits per heavy atom. The van der Waals surface area contributed by atoms with Gasteiger partial charge in [0.2, 0.25) is 5.91 Å². The summed E-state index contributed by atoms with van der Waals surface area (Å²) in [7, 11) is 1.56. The minimum Gasteiger partial charge on any atom is -0.484 e. The second kappa shape index (κ2) is 10.1. The van der Waals surface area contributed by atoms with Gasteiger partial charge in [-0.15, -0.1) is 0 Å². The summed E-state index contributed by atoms with van der Waals surface area (Å²) in [5.74, 6) is 0.153. The molecule has 2 aromatic rings. The Balaban J connectivity index is 2.22. The molecule has 0 unspecified atom stereocenters.